The Morgan fingerprint density at radius 3 is 1.33 bits per heavy atom. The summed E-state index contributed by atoms with van der Waals surface area (Å²) < 4.78 is 0. The lowest BCUT2D eigenvalue weighted by Crippen LogP contribution is -2.17. The van der Waals surface area contributed by atoms with Crippen LogP contribution >= 0.6 is 0 Å². The molecule has 2 nitrogen and oxygen atoms in total. The lowest BCUT2D eigenvalue weighted by atomic mass is 9.92. The molecule has 0 spiro atoms. The van der Waals surface area contributed by atoms with E-state index in [2.05, 4.69) is 19.2 Å². The molecule has 0 aromatic heterocycles. The zero-order valence-corrected chi connectivity index (χ0v) is 21.2. The third-order valence-electron chi connectivity index (χ3n) is 6.77. The van der Waals surface area contributed by atoms with Crippen molar-refractivity contribution in [1.29, 1.82) is 0 Å². The molecule has 30 heavy (non-hydrogen) atoms. The predicted octanol–water partition coefficient (Wildman–Crippen LogP) is 8.81. The third kappa shape index (κ3) is 24.2. The Bertz CT molecular complexity index is 294. The highest BCUT2D eigenvalue weighted by Gasteiger charge is 2.06. The average Bonchev–Trinajstić information content (AvgIpc) is 2.76. The molecule has 0 aliphatic rings. The first-order chi connectivity index (χ1) is 14.8. The lowest BCUT2D eigenvalue weighted by Gasteiger charge is -2.14. The molecule has 0 rings (SSSR count). The molecule has 2 N–H and O–H groups in total. The van der Waals surface area contributed by atoms with Crippen LogP contribution in [0.4, 0.5) is 0 Å². The molecule has 0 heterocycles. The maximum absolute atomic E-state index is 8.73. The molecule has 0 fully saturated rings. The first kappa shape index (κ1) is 29.9. The maximum Gasteiger partial charge on any atom is 0.0443 e. The summed E-state index contributed by atoms with van der Waals surface area (Å²) in [6.45, 7) is 7.10. The van der Waals surface area contributed by atoms with Crippen LogP contribution in [0.1, 0.15) is 155 Å². The fraction of sp³-hybridized carbons (Fsp3) is 1.00. The molecule has 0 amide bonds. The van der Waals surface area contributed by atoms with E-state index in [1.807, 2.05) is 0 Å². The van der Waals surface area contributed by atoms with Crippen LogP contribution in [0.25, 0.3) is 0 Å². The molecule has 0 aliphatic carbocycles. The molecular weight excluding hydrogens is 366 g/mol. The molecule has 1 atom stereocenters. The van der Waals surface area contributed by atoms with Gasteiger partial charge in [0, 0.05) is 6.61 Å². The zero-order chi connectivity index (χ0) is 22.0. The number of unbranched alkanes of at least 4 members (excludes halogenated alkanes) is 16. The summed E-state index contributed by atoms with van der Waals surface area (Å²) in [6, 6.07) is 0. The van der Waals surface area contributed by atoms with Gasteiger partial charge >= 0.3 is 0 Å². The van der Waals surface area contributed by atoms with Crippen molar-refractivity contribution in [3.63, 3.8) is 0 Å². The highest BCUT2D eigenvalue weighted by molar-refractivity contribution is 4.59. The minimum absolute atomic E-state index is 0.311. The van der Waals surface area contributed by atoms with Crippen LogP contribution in [0.2, 0.25) is 0 Å². The van der Waals surface area contributed by atoms with Crippen molar-refractivity contribution in [2.24, 2.45) is 5.92 Å². The van der Waals surface area contributed by atoms with E-state index in [1.54, 1.807) is 0 Å². The lowest BCUT2D eigenvalue weighted by molar-refractivity contribution is 0.286. The van der Waals surface area contributed by atoms with Gasteiger partial charge in [-0.1, -0.05) is 142 Å². The zero-order valence-electron chi connectivity index (χ0n) is 21.2. The van der Waals surface area contributed by atoms with E-state index in [4.69, 9.17) is 5.11 Å². The Morgan fingerprint density at radius 1 is 0.500 bits per heavy atom. The largest absolute Gasteiger partial charge is 0.396 e. The Balaban J connectivity index is 3.26. The van der Waals surface area contributed by atoms with E-state index in [0.29, 0.717) is 6.61 Å². The quantitative estimate of drug-likeness (QED) is 0.136. The van der Waals surface area contributed by atoms with Crippen LogP contribution < -0.4 is 5.32 Å². The van der Waals surface area contributed by atoms with Crippen LogP contribution in [-0.2, 0) is 0 Å². The predicted molar refractivity (Wildman–Crippen MR) is 136 cm³/mol. The van der Waals surface area contributed by atoms with Gasteiger partial charge in [0.25, 0.3) is 0 Å². The van der Waals surface area contributed by atoms with Crippen molar-refractivity contribution in [2.45, 2.75) is 155 Å². The normalized spacial score (nSPS) is 12.5. The highest BCUT2D eigenvalue weighted by atomic mass is 16.3. The number of hydrogen-bond donors (Lipinski definition) is 2. The summed E-state index contributed by atoms with van der Waals surface area (Å²) in [5.41, 5.74) is 0. The van der Waals surface area contributed by atoms with Crippen molar-refractivity contribution in [3.05, 3.63) is 0 Å². The number of aliphatic hydroxyl groups is 1. The van der Waals surface area contributed by atoms with Crippen molar-refractivity contribution in [1.82, 2.24) is 5.32 Å². The summed E-state index contributed by atoms with van der Waals surface area (Å²) >= 11 is 0. The second kappa shape index (κ2) is 27.0. The summed E-state index contributed by atoms with van der Waals surface area (Å²) in [5, 5.41) is 12.1. The van der Waals surface area contributed by atoms with Crippen LogP contribution in [0.5, 0.6) is 0 Å². The van der Waals surface area contributed by atoms with E-state index in [-0.39, 0.29) is 0 Å². The number of nitrogens with one attached hydrogen (secondary N) is 1. The fourth-order valence-electron chi connectivity index (χ4n) is 4.55. The number of hydrogen-bond acceptors (Lipinski definition) is 2. The molecule has 0 radical (unpaired) electrons. The number of rotatable bonds is 26. The summed E-state index contributed by atoms with van der Waals surface area (Å²) in [6.07, 6.45) is 31.1. The Hall–Kier alpha value is -0.0800. The Kier molecular flexibility index (Phi) is 26.9. The van der Waals surface area contributed by atoms with Gasteiger partial charge in [-0.05, 0) is 31.8 Å². The van der Waals surface area contributed by atoms with Gasteiger partial charge in [0.2, 0.25) is 0 Å². The van der Waals surface area contributed by atoms with Crippen molar-refractivity contribution >= 4 is 0 Å². The molecule has 0 aliphatic heterocycles. The minimum atomic E-state index is 0.311. The van der Waals surface area contributed by atoms with Gasteiger partial charge in [0.1, 0.15) is 0 Å². The number of aliphatic hydroxyl groups excluding tert-OH is 1. The van der Waals surface area contributed by atoms with Crippen molar-refractivity contribution < 1.29 is 5.11 Å². The molecular formula is C28H59NO. The Morgan fingerprint density at radius 2 is 0.900 bits per heavy atom. The molecule has 0 aromatic carbocycles. The average molecular weight is 426 g/mol. The van der Waals surface area contributed by atoms with Gasteiger partial charge in [-0.2, -0.15) is 0 Å². The molecule has 2 heteroatoms. The van der Waals surface area contributed by atoms with Crippen LogP contribution in [-0.4, -0.2) is 24.8 Å². The van der Waals surface area contributed by atoms with Gasteiger partial charge < -0.3 is 10.4 Å². The Labute approximate surface area is 191 Å². The first-order valence-electron chi connectivity index (χ1n) is 14.2. The molecule has 182 valence electrons. The minimum Gasteiger partial charge on any atom is -0.396 e. The van der Waals surface area contributed by atoms with E-state index >= 15 is 0 Å². The molecule has 0 saturated carbocycles. The highest BCUT2D eigenvalue weighted by Crippen LogP contribution is 2.22. The van der Waals surface area contributed by atoms with Crippen molar-refractivity contribution in [2.75, 3.05) is 19.7 Å². The van der Waals surface area contributed by atoms with Gasteiger partial charge in [-0.25, -0.2) is 0 Å². The van der Waals surface area contributed by atoms with Gasteiger partial charge in [0.15, 0.2) is 0 Å². The summed E-state index contributed by atoms with van der Waals surface area (Å²) in [7, 11) is 0. The molecule has 0 aromatic rings. The second-order valence-corrected chi connectivity index (χ2v) is 9.69. The SMILES string of the molecule is CCCCCCCCCCCCC(CC)CCCCCCCCCCNCCCO. The van der Waals surface area contributed by atoms with Crippen molar-refractivity contribution in [3.8, 4) is 0 Å². The van der Waals surface area contributed by atoms with Crippen LogP contribution in [0.15, 0.2) is 0 Å². The molecule has 0 bridgehead atoms. The fourth-order valence-corrected chi connectivity index (χ4v) is 4.55. The smallest absolute Gasteiger partial charge is 0.0443 e. The first-order valence-corrected chi connectivity index (χ1v) is 14.2. The molecule has 1 unspecified atom stereocenters. The van der Waals surface area contributed by atoms with E-state index in [9.17, 15) is 0 Å². The van der Waals surface area contributed by atoms with E-state index in [0.717, 1.165) is 25.4 Å². The second-order valence-electron chi connectivity index (χ2n) is 9.69. The summed E-state index contributed by atoms with van der Waals surface area (Å²) in [4.78, 5) is 0. The standard InChI is InChI=1S/C28H59NO/c1-3-5-6-7-8-9-10-13-16-19-23-28(4-2)24-20-17-14-11-12-15-18-21-25-29-26-22-27-30/h28-30H,3-27H2,1-2H3. The third-order valence-corrected chi connectivity index (χ3v) is 6.77. The van der Waals surface area contributed by atoms with Gasteiger partial charge in [-0.15, -0.1) is 0 Å². The van der Waals surface area contributed by atoms with E-state index in [1.165, 1.54) is 135 Å². The molecule has 0 saturated heterocycles. The van der Waals surface area contributed by atoms with Crippen LogP contribution in [0.3, 0.4) is 0 Å². The maximum atomic E-state index is 8.73. The van der Waals surface area contributed by atoms with Gasteiger partial charge in [-0.3, -0.25) is 0 Å². The monoisotopic (exact) mass is 425 g/mol. The van der Waals surface area contributed by atoms with Crippen LogP contribution in [0, 0.1) is 5.92 Å². The van der Waals surface area contributed by atoms with Gasteiger partial charge in [0.05, 0.1) is 0 Å². The summed E-state index contributed by atoms with van der Waals surface area (Å²) in [5.74, 6) is 0.998. The van der Waals surface area contributed by atoms with E-state index < -0.39 is 0 Å². The topological polar surface area (TPSA) is 32.3 Å².